The fourth-order valence-electron chi connectivity index (χ4n) is 3.19. The first kappa shape index (κ1) is 21.7. The Labute approximate surface area is 170 Å². The Bertz CT molecular complexity index is 947. The largest absolute Gasteiger partial charge is 0.394 e. The molecule has 2 aromatic rings. The van der Waals surface area contributed by atoms with Gasteiger partial charge in [0.15, 0.2) is 17.7 Å². The predicted octanol–water partition coefficient (Wildman–Crippen LogP) is 2.00. The second-order valence-electron chi connectivity index (χ2n) is 8.21. The van der Waals surface area contributed by atoms with Gasteiger partial charge in [0.25, 0.3) is 0 Å². The van der Waals surface area contributed by atoms with E-state index in [1.54, 1.807) is 6.20 Å². The van der Waals surface area contributed by atoms with Crippen LogP contribution >= 0.6 is 0 Å². The van der Waals surface area contributed by atoms with Crippen molar-refractivity contribution in [1.29, 1.82) is 0 Å². The average Bonchev–Trinajstić information content (AvgIpc) is 3.13. The number of hydrogen-bond donors (Lipinski definition) is 3. The summed E-state index contributed by atoms with van der Waals surface area (Å²) in [5.74, 6) is 3.59. The van der Waals surface area contributed by atoms with E-state index in [1.165, 1.54) is 17.8 Å². The molecule has 29 heavy (non-hydrogen) atoms. The Kier molecular flexibility index (Phi) is 5.98. The highest BCUT2D eigenvalue weighted by molar-refractivity contribution is 6.83. The SMILES string of the molecule is CCONc1ncnc2c1c(C#C[Si](C)(C)C)cn2[C@@H]1O[C@H](CO)[C@@H](O)[C@@]1(C)F. The number of fused-ring (bicyclic) bond motifs is 1. The van der Waals surface area contributed by atoms with Crippen molar-refractivity contribution >= 4 is 24.9 Å². The monoisotopic (exact) mass is 422 g/mol. The number of alkyl halides is 1. The van der Waals surface area contributed by atoms with Crippen molar-refractivity contribution in [3.63, 3.8) is 0 Å². The van der Waals surface area contributed by atoms with Crippen molar-refractivity contribution in [3.05, 3.63) is 18.1 Å². The molecule has 10 heteroatoms. The highest BCUT2D eigenvalue weighted by atomic mass is 28.3. The molecule has 0 radical (unpaired) electrons. The summed E-state index contributed by atoms with van der Waals surface area (Å²) in [5.41, 5.74) is 4.93. The molecule has 3 rings (SSSR count). The van der Waals surface area contributed by atoms with E-state index in [0.717, 1.165) is 0 Å². The molecule has 0 amide bonds. The zero-order chi connectivity index (χ0) is 21.4. The van der Waals surface area contributed by atoms with Gasteiger partial charge in [-0.05, 0) is 13.8 Å². The van der Waals surface area contributed by atoms with E-state index in [-0.39, 0.29) is 0 Å². The first-order chi connectivity index (χ1) is 13.6. The molecule has 0 saturated carbocycles. The Morgan fingerprint density at radius 3 is 2.72 bits per heavy atom. The molecule has 0 spiro atoms. The number of nitrogens with zero attached hydrogens (tertiary/aromatic N) is 3. The summed E-state index contributed by atoms with van der Waals surface area (Å²) in [5, 5.41) is 20.3. The molecule has 0 unspecified atom stereocenters. The number of aromatic nitrogens is 3. The van der Waals surface area contributed by atoms with E-state index in [2.05, 4.69) is 46.6 Å². The molecule has 158 valence electrons. The summed E-state index contributed by atoms with van der Waals surface area (Å²) in [4.78, 5) is 13.8. The van der Waals surface area contributed by atoms with Crippen LogP contribution in [0.2, 0.25) is 19.6 Å². The van der Waals surface area contributed by atoms with Crippen LogP contribution in [0.3, 0.4) is 0 Å². The van der Waals surface area contributed by atoms with E-state index in [1.807, 2.05) is 6.92 Å². The third-order valence-corrected chi connectivity index (χ3v) is 5.52. The molecular weight excluding hydrogens is 395 g/mol. The zero-order valence-electron chi connectivity index (χ0n) is 17.2. The fraction of sp³-hybridized carbons (Fsp3) is 0.579. The minimum absolute atomic E-state index is 0.391. The second-order valence-corrected chi connectivity index (χ2v) is 13.0. The number of rotatable bonds is 5. The van der Waals surface area contributed by atoms with Gasteiger partial charge in [0.1, 0.15) is 32.3 Å². The van der Waals surface area contributed by atoms with Crippen LogP contribution in [-0.4, -0.2) is 63.9 Å². The second kappa shape index (κ2) is 8.01. The summed E-state index contributed by atoms with van der Waals surface area (Å²) in [6, 6.07) is 0. The van der Waals surface area contributed by atoms with Crippen LogP contribution in [0.25, 0.3) is 11.0 Å². The molecule has 0 aliphatic carbocycles. The van der Waals surface area contributed by atoms with Crippen molar-refractivity contribution in [2.75, 3.05) is 18.7 Å². The maximum atomic E-state index is 15.4. The Hall–Kier alpha value is -2.03. The quantitative estimate of drug-likeness (QED) is 0.385. The summed E-state index contributed by atoms with van der Waals surface area (Å²) in [6.45, 7) is 9.37. The zero-order valence-corrected chi connectivity index (χ0v) is 18.2. The average molecular weight is 423 g/mol. The van der Waals surface area contributed by atoms with Gasteiger partial charge in [0.05, 0.1) is 24.2 Å². The molecule has 0 aromatic carbocycles. The minimum Gasteiger partial charge on any atom is -0.394 e. The molecule has 2 aromatic heterocycles. The first-order valence-corrected chi connectivity index (χ1v) is 13.0. The Morgan fingerprint density at radius 1 is 1.41 bits per heavy atom. The van der Waals surface area contributed by atoms with E-state index in [9.17, 15) is 10.2 Å². The molecular formula is C19H27FN4O4Si. The molecule has 0 bridgehead atoms. The van der Waals surface area contributed by atoms with Crippen LogP contribution in [0.5, 0.6) is 0 Å². The van der Waals surface area contributed by atoms with Gasteiger partial charge in [0.2, 0.25) is 0 Å². The molecule has 1 saturated heterocycles. The Morgan fingerprint density at radius 2 is 2.14 bits per heavy atom. The summed E-state index contributed by atoms with van der Waals surface area (Å²) < 4.78 is 22.5. The standard InChI is InChI=1S/C19H27FN4O4Si/c1-6-27-23-16-14-12(7-8-29(3,4)5)9-24(17(14)22-11-21-16)18-19(2,20)15(26)13(10-25)28-18/h9,11,13,15,18,25-26H,6,10H2,1-5H3,(H,21,22,23)/t13-,15-,18-,19-/m1/s1. The smallest absolute Gasteiger partial charge is 0.181 e. The lowest BCUT2D eigenvalue weighted by atomic mass is 9.98. The number of nitrogens with one attached hydrogen (secondary N) is 1. The number of aliphatic hydroxyl groups is 2. The van der Waals surface area contributed by atoms with Crippen LogP contribution in [0.4, 0.5) is 10.2 Å². The van der Waals surface area contributed by atoms with Crippen LogP contribution in [0.1, 0.15) is 25.6 Å². The van der Waals surface area contributed by atoms with Crippen LogP contribution in [-0.2, 0) is 9.57 Å². The first-order valence-electron chi connectivity index (χ1n) is 9.50. The van der Waals surface area contributed by atoms with E-state index < -0.39 is 38.8 Å². The van der Waals surface area contributed by atoms with Crippen LogP contribution < -0.4 is 5.48 Å². The predicted molar refractivity (Wildman–Crippen MR) is 110 cm³/mol. The fourth-order valence-corrected chi connectivity index (χ4v) is 3.70. The third kappa shape index (κ3) is 4.15. The maximum absolute atomic E-state index is 15.4. The van der Waals surface area contributed by atoms with Crippen molar-refractivity contribution < 1.29 is 24.2 Å². The number of ether oxygens (including phenoxy) is 1. The van der Waals surface area contributed by atoms with Gasteiger partial charge >= 0.3 is 0 Å². The number of halogens is 1. The van der Waals surface area contributed by atoms with Gasteiger partial charge in [-0.25, -0.2) is 19.8 Å². The molecule has 3 N–H and O–H groups in total. The summed E-state index contributed by atoms with van der Waals surface area (Å²) in [6.07, 6.45) is -0.713. The topological polar surface area (TPSA) is 102 Å². The lowest BCUT2D eigenvalue weighted by Crippen LogP contribution is -2.40. The normalized spacial score (nSPS) is 27.1. The van der Waals surface area contributed by atoms with Gasteiger partial charge < -0.3 is 19.5 Å². The molecule has 4 atom stereocenters. The molecule has 1 aliphatic heterocycles. The van der Waals surface area contributed by atoms with Gasteiger partial charge in [-0.2, -0.15) is 0 Å². The summed E-state index contributed by atoms with van der Waals surface area (Å²) in [7, 11) is -1.69. The highest BCUT2D eigenvalue weighted by Gasteiger charge is 2.55. The van der Waals surface area contributed by atoms with E-state index in [0.29, 0.717) is 29.0 Å². The van der Waals surface area contributed by atoms with Crippen LogP contribution in [0.15, 0.2) is 12.5 Å². The van der Waals surface area contributed by atoms with Crippen molar-refractivity contribution in [2.24, 2.45) is 0 Å². The minimum atomic E-state index is -2.14. The van der Waals surface area contributed by atoms with Crippen molar-refractivity contribution in [3.8, 4) is 11.5 Å². The van der Waals surface area contributed by atoms with E-state index in [4.69, 9.17) is 9.57 Å². The lowest BCUT2D eigenvalue weighted by molar-refractivity contribution is -0.0564. The highest BCUT2D eigenvalue weighted by Crippen LogP contribution is 2.43. The molecule has 3 heterocycles. The van der Waals surface area contributed by atoms with Crippen molar-refractivity contribution in [2.45, 2.75) is 57.6 Å². The number of aliphatic hydroxyl groups excluding tert-OH is 2. The van der Waals surface area contributed by atoms with Gasteiger partial charge in [-0.1, -0.05) is 25.6 Å². The van der Waals surface area contributed by atoms with Crippen LogP contribution in [0, 0.1) is 11.5 Å². The molecule has 1 aliphatic rings. The molecule has 1 fully saturated rings. The number of anilines is 1. The Balaban J connectivity index is 2.19. The van der Waals surface area contributed by atoms with Crippen molar-refractivity contribution in [1.82, 2.24) is 14.5 Å². The lowest BCUT2D eigenvalue weighted by Gasteiger charge is -2.25. The maximum Gasteiger partial charge on any atom is 0.181 e. The molecule has 8 nitrogen and oxygen atoms in total. The third-order valence-electron chi connectivity index (χ3n) is 4.64. The van der Waals surface area contributed by atoms with Gasteiger partial charge in [-0.3, -0.25) is 4.84 Å². The van der Waals surface area contributed by atoms with E-state index >= 15 is 4.39 Å². The van der Waals surface area contributed by atoms with Gasteiger partial charge in [0, 0.05) is 6.20 Å². The van der Waals surface area contributed by atoms with Gasteiger partial charge in [-0.15, -0.1) is 5.54 Å². The number of hydrogen-bond acceptors (Lipinski definition) is 7. The summed E-state index contributed by atoms with van der Waals surface area (Å²) >= 11 is 0.